The number of alkyl halides is 1. The zero-order valence-electron chi connectivity index (χ0n) is 8.10. The van der Waals surface area contributed by atoms with Crippen LogP contribution in [-0.2, 0) is 16.3 Å². The van der Waals surface area contributed by atoms with Gasteiger partial charge in [0.05, 0.1) is 10.6 Å². The molecule has 0 fully saturated rings. The molecule has 2 nitrogen and oxygen atoms in total. The van der Waals surface area contributed by atoms with Gasteiger partial charge in [0.25, 0.3) is 0 Å². The van der Waals surface area contributed by atoms with Crippen molar-refractivity contribution in [2.75, 3.05) is 6.26 Å². The van der Waals surface area contributed by atoms with Gasteiger partial charge in [-0.1, -0.05) is 0 Å². The summed E-state index contributed by atoms with van der Waals surface area (Å²) in [5.74, 6) is 0. The summed E-state index contributed by atoms with van der Waals surface area (Å²) in [5.41, 5.74) is 1.10. The van der Waals surface area contributed by atoms with E-state index < -0.39 is 15.1 Å². The van der Waals surface area contributed by atoms with Gasteiger partial charge in [-0.3, -0.25) is 0 Å². The van der Waals surface area contributed by atoms with Crippen molar-refractivity contribution in [3.05, 3.63) is 22.4 Å². The number of halogens is 1. The fourth-order valence-corrected chi connectivity index (χ4v) is 3.12. The molecular formula is C9H13ClO2S2. The lowest BCUT2D eigenvalue weighted by atomic mass is 10.1. The van der Waals surface area contributed by atoms with Crippen molar-refractivity contribution in [3.8, 4) is 0 Å². The van der Waals surface area contributed by atoms with Crippen molar-refractivity contribution in [1.29, 1.82) is 0 Å². The van der Waals surface area contributed by atoms with E-state index in [0.29, 0.717) is 6.42 Å². The fraction of sp³-hybridized carbons (Fsp3) is 0.556. The second kappa shape index (κ2) is 4.64. The third-order valence-electron chi connectivity index (χ3n) is 2.20. The molecule has 0 saturated heterocycles. The summed E-state index contributed by atoms with van der Waals surface area (Å²) in [6.07, 6.45) is 1.83. The minimum atomic E-state index is -3.03. The summed E-state index contributed by atoms with van der Waals surface area (Å²) < 4.78 is 22.4. The Kier molecular flexibility index (Phi) is 3.98. The highest BCUT2D eigenvalue weighted by Gasteiger charge is 2.24. The Bertz CT molecular complexity index is 370. The first-order valence-electron chi connectivity index (χ1n) is 4.25. The van der Waals surface area contributed by atoms with Crippen molar-refractivity contribution < 1.29 is 8.42 Å². The molecule has 80 valence electrons. The van der Waals surface area contributed by atoms with E-state index >= 15 is 0 Å². The highest BCUT2D eigenvalue weighted by molar-refractivity contribution is 7.91. The molecule has 0 radical (unpaired) electrons. The largest absolute Gasteiger partial charge is 0.229 e. The van der Waals surface area contributed by atoms with Crippen molar-refractivity contribution in [2.45, 2.75) is 24.0 Å². The van der Waals surface area contributed by atoms with Gasteiger partial charge in [0, 0.05) is 6.26 Å². The van der Waals surface area contributed by atoms with Crippen molar-refractivity contribution in [3.63, 3.8) is 0 Å². The molecule has 0 aromatic carbocycles. The smallest absolute Gasteiger partial charge is 0.151 e. The van der Waals surface area contributed by atoms with E-state index in [0.717, 1.165) is 5.56 Å². The third-order valence-corrected chi connectivity index (χ3v) is 5.29. The van der Waals surface area contributed by atoms with E-state index in [2.05, 4.69) is 0 Å². The average Bonchev–Trinajstić information content (AvgIpc) is 2.53. The van der Waals surface area contributed by atoms with Crippen LogP contribution >= 0.6 is 22.9 Å². The van der Waals surface area contributed by atoms with Crippen LogP contribution in [0.4, 0.5) is 0 Å². The Labute approximate surface area is 93.8 Å². The number of sulfone groups is 1. The van der Waals surface area contributed by atoms with E-state index in [1.54, 1.807) is 18.3 Å². The maximum absolute atomic E-state index is 11.2. The molecule has 1 aromatic heterocycles. The quantitative estimate of drug-likeness (QED) is 0.771. The molecule has 0 saturated carbocycles. The minimum Gasteiger partial charge on any atom is -0.229 e. The Morgan fingerprint density at radius 1 is 1.57 bits per heavy atom. The van der Waals surface area contributed by atoms with Crippen molar-refractivity contribution >= 4 is 32.8 Å². The van der Waals surface area contributed by atoms with Crippen LogP contribution in [0, 0.1) is 0 Å². The second-order valence-corrected chi connectivity index (χ2v) is 7.13. The van der Waals surface area contributed by atoms with Crippen LogP contribution in [0.25, 0.3) is 0 Å². The first-order chi connectivity index (χ1) is 6.41. The van der Waals surface area contributed by atoms with Crippen molar-refractivity contribution in [2.24, 2.45) is 0 Å². The molecule has 1 rings (SSSR count). The highest BCUT2D eigenvalue weighted by Crippen LogP contribution is 2.18. The molecule has 0 aliphatic rings. The van der Waals surface area contributed by atoms with E-state index in [4.69, 9.17) is 11.6 Å². The number of rotatable bonds is 4. The molecule has 0 amide bonds. The van der Waals surface area contributed by atoms with Crippen molar-refractivity contribution in [1.82, 2.24) is 0 Å². The molecule has 1 heterocycles. The SMILES string of the molecule is CC(C(Cl)Cc1ccsc1)S(C)(=O)=O. The van der Waals surface area contributed by atoms with Gasteiger partial charge >= 0.3 is 0 Å². The zero-order valence-corrected chi connectivity index (χ0v) is 10.5. The molecular weight excluding hydrogens is 240 g/mol. The maximum atomic E-state index is 11.2. The van der Waals surface area contributed by atoms with E-state index in [-0.39, 0.29) is 5.38 Å². The molecule has 0 N–H and O–H groups in total. The molecule has 14 heavy (non-hydrogen) atoms. The van der Waals surface area contributed by atoms with E-state index in [1.807, 2.05) is 16.8 Å². The van der Waals surface area contributed by atoms with Crippen LogP contribution in [0.1, 0.15) is 12.5 Å². The molecule has 1 aromatic rings. The lowest BCUT2D eigenvalue weighted by Crippen LogP contribution is -2.28. The monoisotopic (exact) mass is 252 g/mol. The Morgan fingerprint density at radius 2 is 2.21 bits per heavy atom. The number of hydrogen-bond donors (Lipinski definition) is 0. The van der Waals surface area contributed by atoms with E-state index in [9.17, 15) is 8.42 Å². The Morgan fingerprint density at radius 3 is 2.64 bits per heavy atom. The zero-order chi connectivity index (χ0) is 10.8. The van der Waals surface area contributed by atoms with E-state index in [1.165, 1.54) is 6.26 Å². The molecule has 0 aliphatic carbocycles. The summed E-state index contributed by atoms with van der Waals surface area (Å²) in [6, 6.07) is 1.97. The van der Waals surface area contributed by atoms with Crippen LogP contribution in [0.5, 0.6) is 0 Å². The van der Waals surface area contributed by atoms with Gasteiger partial charge in [-0.25, -0.2) is 8.42 Å². The second-order valence-electron chi connectivity index (χ2n) is 3.39. The number of hydrogen-bond acceptors (Lipinski definition) is 3. The Hall–Kier alpha value is -0.0600. The fourth-order valence-electron chi connectivity index (χ4n) is 1.07. The van der Waals surface area contributed by atoms with Crippen LogP contribution in [0.3, 0.4) is 0 Å². The van der Waals surface area contributed by atoms with Gasteiger partial charge in [-0.2, -0.15) is 11.3 Å². The lowest BCUT2D eigenvalue weighted by Gasteiger charge is -2.15. The Balaban J connectivity index is 2.63. The first kappa shape index (κ1) is 12.0. The van der Waals surface area contributed by atoms with Gasteiger partial charge in [0.1, 0.15) is 0 Å². The van der Waals surface area contributed by atoms with Crippen LogP contribution < -0.4 is 0 Å². The normalized spacial score (nSPS) is 16.5. The summed E-state index contributed by atoms with van der Waals surface area (Å²) in [6.45, 7) is 1.65. The standard InChI is InChI=1S/C9H13ClO2S2/c1-7(14(2,11)12)9(10)5-8-3-4-13-6-8/h3-4,6-7,9H,5H2,1-2H3. The van der Waals surface area contributed by atoms with Crippen LogP contribution in [-0.4, -0.2) is 25.3 Å². The minimum absolute atomic E-state index is 0.348. The molecule has 0 spiro atoms. The molecule has 0 bridgehead atoms. The topological polar surface area (TPSA) is 34.1 Å². The summed E-state index contributed by atoms with van der Waals surface area (Å²) >= 11 is 7.63. The molecule has 0 aliphatic heterocycles. The van der Waals surface area contributed by atoms with Gasteiger partial charge < -0.3 is 0 Å². The summed E-state index contributed by atoms with van der Waals surface area (Å²) in [4.78, 5) is 0. The average molecular weight is 253 g/mol. The maximum Gasteiger partial charge on any atom is 0.151 e. The van der Waals surface area contributed by atoms with Gasteiger partial charge in [0.2, 0.25) is 0 Å². The molecule has 2 unspecified atom stereocenters. The summed E-state index contributed by atoms with van der Waals surface area (Å²) in [7, 11) is -3.03. The molecule has 2 atom stereocenters. The van der Waals surface area contributed by atoms with Gasteiger partial charge in [-0.15, -0.1) is 11.6 Å². The highest BCUT2D eigenvalue weighted by atomic mass is 35.5. The first-order valence-corrected chi connectivity index (χ1v) is 7.58. The van der Waals surface area contributed by atoms with Crippen LogP contribution in [0.2, 0.25) is 0 Å². The van der Waals surface area contributed by atoms with Gasteiger partial charge in [-0.05, 0) is 35.7 Å². The summed E-state index contributed by atoms with van der Waals surface area (Å²) in [5, 5.41) is 3.11. The molecule has 5 heteroatoms. The number of thiophene rings is 1. The van der Waals surface area contributed by atoms with Gasteiger partial charge in [0.15, 0.2) is 9.84 Å². The lowest BCUT2D eigenvalue weighted by molar-refractivity contribution is 0.584. The predicted molar refractivity (Wildman–Crippen MR) is 62.0 cm³/mol. The predicted octanol–water partition coefficient (Wildman–Crippen LogP) is 2.33. The van der Waals surface area contributed by atoms with Crippen LogP contribution in [0.15, 0.2) is 16.8 Å². The third kappa shape index (κ3) is 3.26.